The maximum Gasteiger partial charge on any atom is 0.248 e. The molecule has 0 spiro atoms. The summed E-state index contributed by atoms with van der Waals surface area (Å²) in [5.41, 5.74) is 0. The first kappa shape index (κ1) is 7.51. The first-order chi connectivity index (χ1) is 5.07. The van der Waals surface area contributed by atoms with Crippen LogP contribution in [0.15, 0.2) is 0 Å². The van der Waals surface area contributed by atoms with Gasteiger partial charge in [-0.05, 0) is 30.6 Å². The van der Waals surface area contributed by atoms with Crippen LogP contribution in [0.3, 0.4) is 0 Å². The van der Waals surface area contributed by atoms with Gasteiger partial charge < -0.3 is 0 Å². The quantitative estimate of drug-likeness (QED) is 0.511. The van der Waals surface area contributed by atoms with E-state index in [1.165, 1.54) is 0 Å². The lowest BCUT2D eigenvalue weighted by atomic mass is 10.0. The fourth-order valence-electron chi connectivity index (χ4n) is 2.87. The molecule has 0 aromatic heterocycles. The number of halogens is 2. The molecule has 2 aliphatic rings. The lowest BCUT2D eigenvalue weighted by Crippen LogP contribution is -2.11. The van der Waals surface area contributed by atoms with Crippen LogP contribution < -0.4 is 0 Å². The van der Waals surface area contributed by atoms with E-state index in [2.05, 4.69) is 6.92 Å². The molecule has 0 nitrogen and oxygen atoms in total. The molecule has 0 N–H and O–H groups in total. The topological polar surface area (TPSA) is 0 Å². The van der Waals surface area contributed by atoms with E-state index in [0.29, 0.717) is 17.8 Å². The van der Waals surface area contributed by atoms with Gasteiger partial charge >= 0.3 is 0 Å². The standard InChI is InChI=1S/C9H14F2/c1-6-2-7-4-9(10,11)5-8(7)3-6/h6-8H,2-5H2,1H3/t6?,7-,8+. The van der Waals surface area contributed by atoms with Gasteiger partial charge in [-0.25, -0.2) is 8.78 Å². The summed E-state index contributed by atoms with van der Waals surface area (Å²) in [4.78, 5) is 0. The average Bonchev–Trinajstić information content (AvgIpc) is 2.17. The Morgan fingerprint density at radius 3 is 2.00 bits per heavy atom. The van der Waals surface area contributed by atoms with Crippen LogP contribution in [-0.4, -0.2) is 5.92 Å². The molecule has 2 fully saturated rings. The van der Waals surface area contributed by atoms with Crippen LogP contribution in [0, 0.1) is 17.8 Å². The van der Waals surface area contributed by atoms with Crippen LogP contribution in [0.5, 0.6) is 0 Å². The van der Waals surface area contributed by atoms with Gasteiger partial charge in [0.1, 0.15) is 0 Å². The van der Waals surface area contributed by atoms with Crippen molar-refractivity contribution >= 4 is 0 Å². The van der Waals surface area contributed by atoms with Crippen LogP contribution in [-0.2, 0) is 0 Å². The van der Waals surface area contributed by atoms with Crippen molar-refractivity contribution in [2.75, 3.05) is 0 Å². The molecule has 2 saturated carbocycles. The molecule has 0 amide bonds. The minimum Gasteiger partial charge on any atom is -0.207 e. The predicted molar refractivity (Wildman–Crippen MR) is 39.6 cm³/mol. The molecule has 0 radical (unpaired) electrons. The van der Waals surface area contributed by atoms with E-state index in [1.807, 2.05) is 0 Å². The van der Waals surface area contributed by atoms with Crippen molar-refractivity contribution in [1.82, 2.24) is 0 Å². The molecule has 0 aromatic rings. The van der Waals surface area contributed by atoms with Crippen molar-refractivity contribution in [3.8, 4) is 0 Å². The molecule has 1 unspecified atom stereocenters. The molecule has 3 atom stereocenters. The van der Waals surface area contributed by atoms with Gasteiger partial charge in [0.05, 0.1) is 0 Å². The Hall–Kier alpha value is -0.140. The Bertz CT molecular complexity index is 149. The third-order valence-corrected chi connectivity index (χ3v) is 3.20. The molecule has 64 valence electrons. The SMILES string of the molecule is CC1C[C@@H]2CC(F)(F)C[C@@H]2C1. The highest BCUT2D eigenvalue weighted by atomic mass is 19.3. The van der Waals surface area contributed by atoms with Crippen molar-refractivity contribution in [2.24, 2.45) is 17.8 Å². The molecule has 0 aliphatic heterocycles. The Labute approximate surface area is 66.0 Å². The summed E-state index contributed by atoms with van der Waals surface area (Å²) < 4.78 is 25.6. The lowest BCUT2D eigenvalue weighted by molar-refractivity contribution is -0.000752. The first-order valence-electron chi connectivity index (χ1n) is 4.45. The molecule has 0 heterocycles. The number of rotatable bonds is 0. The largest absolute Gasteiger partial charge is 0.248 e. The van der Waals surface area contributed by atoms with E-state index in [-0.39, 0.29) is 12.8 Å². The minimum absolute atomic E-state index is 0.169. The molecular formula is C9H14F2. The normalized spacial score (nSPS) is 47.7. The van der Waals surface area contributed by atoms with Crippen LogP contribution in [0.25, 0.3) is 0 Å². The summed E-state index contributed by atoms with van der Waals surface area (Å²) in [6.07, 6.45) is 2.42. The molecule has 11 heavy (non-hydrogen) atoms. The maximum absolute atomic E-state index is 12.8. The van der Waals surface area contributed by atoms with Gasteiger partial charge in [-0.3, -0.25) is 0 Å². The Kier molecular flexibility index (Phi) is 1.48. The summed E-state index contributed by atoms with van der Waals surface area (Å²) in [6, 6.07) is 0. The summed E-state index contributed by atoms with van der Waals surface area (Å²) in [5.74, 6) is -0.934. The fourth-order valence-corrected chi connectivity index (χ4v) is 2.87. The van der Waals surface area contributed by atoms with Crippen molar-refractivity contribution < 1.29 is 8.78 Å². The number of hydrogen-bond donors (Lipinski definition) is 0. The zero-order valence-corrected chi connectivity index (χ0v) is 6.82. The average molecular weight is 160 g/mol. The van der Waals surface area contributed by atoms with E-state index in [9.17, 15) is 8.78 Å². The molecule has 2 aliphatic carbocycles. The summed E-state index contributed by atoms with van der Waals surface area (Å²) >= 11 is 0. The Morgan fingerprint density at radius 1 is 1.09 bits per heavy atom. The zero-order chi connectivity index (χ0) is 8.06. The molecule has 2 rings (SSSR count). The zero-order valence-electron chi connectivity index (χ0n) is 6.82. The third kappa shape index (κ3) is 1.27. The van der Waals surface area contributed by atoms with Gasteiger partial charge in [0, 0.05) is 12.8 Å². The van der Waals surface area contributed by atoms with Crippen LogP contribution in [0.1, 0.15) is 32.6 Å². The van der Waals surface area contributed by atoms with Crippen molar-refractivity contribution in [2.45, 2.75) is 38.5 Å². The van der Waals surface area contributed by atoms with Crippen LogP contribution in [0.4, 0.5) is 8.78 Å². The van der Waals surface area contributed by atoms with Crippen molar-refractivity contribution in [3.05, 3.63) is 0 Å². The number of fused-ring (bicyclic) bond motifs is 1. The second kappa shape index (κ2) is 2.18. The highest BCUT2D eigenvalue weighted by molar-refractivity contribution is 4.93. The van der Waals surface area contributed by atoms with Crippen LogP contribution in [0.2, 0.25) is 0 Å². The van der Waals surface area contributed by atoms with Crippen molar-refractivity contribution in [1.29, 1.82) is 0 Å². The van der Waals surface area contributed by atoms with Gasteiger partial charge in [-0.2, -0.15) is 0 Å². The molecule has 0 saturated heterocycles. The van der Waals surface area contributed by atoms with E-state index in [1.54, 1.807) is 0 Å². The van der Waals surface area contributed by atoms with Crippen LogP contribution >= 0.6 is 0 Å². The van der Waals surface area contributed by atoms with E-state index in [4.69, 9.17) is 0 Å². The van der Waals surface area contributed by atoms with E-state index >= 15 is 0 Å². The highest BCUT2D eigenvalue weighted by Crippen LogP contribution is 2.52. The summed E-state index contributed by atoms with van der Waals surface area (Å²) in [5, 5.41) is 0. The Balaban J connectivity index is 2.04. The van der Waals surface area contributed by atoms with E-state index < -0.39 is 5.92 Å². The number of alkyl halides is 2. The highest BCUT2D eigenvalue weighted by Gasteiger charge is 2.49. The summed E-state index contributed by atoms with van der Waals surface area (Å²) in [6.45, 7) is 2.18. The van der Waals surface area contributed by atoms with Gasteiger partial charge in [0.15, 0.2) is 0 Å². The summed E-state index contributed by atoms with van der Waals surface area (Å²) in [7, 11) is 0. The second-order valence-corrected chi connectivity index (χ2v) is 4.36. The molecular weight excluding hydrogens is 146 g/mol. The molecule has 2 heteroatoms. The van der Waals surface area contributed by atoms with Gasteiger partial charge in [-0.15, -0.1) is 0 Å². The molecule has 0 aromatic carbocycles. The Morgan fingerprint density at radius 2 is 1.55 bits per heavy atom. The second-order valence-electron chi connectivity index (χ2n) is 4.36. The van der Waals surface area contributed by atoms with E-state index in [0.717, 1.165) is 12.8 Å². The molecule has 0 bridgehead atoms. The van der Waals surface area contributed by atoms with Crippen molar-refractivity contribution in [3.63, 3.8) is 0 Å². The third-order valence-electron chi connectivity index (χ3n) is 3.20. The predicted octanol–water partition coefficient (Wildman–Crippen LogP) is 3.08. The number of hydrogen-bond acceptors (Lipinski definition) is 0. The smallest absolute Gasteiger partial charge is 0.207 e. The van der Waals surface area contributed by atoms with Gasteiger partial charge in [0.2, 0.25) is 5.92 Å². The fraction of sp³-hybridized carbons (Fsp3) is 1.00. The lowest BCUT2D eigenvalue weighted by Gasteiger charge is -2.10. The monoisotopic (exact) mass is 160 g/mol. The van der Waals surface area contributed by atoms with Gasteiger partial charge in [0.25, 0.3) is 0 Å². The first-order valence-corrected chi connectivity index (χ1v) is 4.45. The maximum atomic E-state index is 12.8. The minimum atomic E-state index is -2.32. The van der Waals surface area contributed by atoms with Gasteiger partial charge in [-0.1, -0.05) is 6.92 Å².